The number of anilines is 4. The number of nitrogens with one attached hydrogen (secondary N) is 2. The van der Waals surface area contributed by atoms with Crippen molar-refractivity contribution in [1.82, 2.24) is 9.97 Å². The highest BCUT2D eigenvalue weighted by molar-refractivity contribution is 7.99. The van der Waals surface area contributed by atoms with Gasteiger partial charge in [-0.25, -0.2) is 18.4 Å². The normalized spacial score (nSPS) is 12.1. The molecule has 0 saturated carbocycles. The zero-order chi connectivity index (χ0) is 24.9. The van der Waals surface area contributed by atoms with Crippen LogP contribution in [-0.2, 0) is 9.84 Å². The molecule has 34 heavy (non-hydrogen) atoms. The number of halogens is 3. The predicted molar refractivity (Wildman–Crippen MR) is 130 cm³/mol. The van der Waals surface area contributed by atoms with Crippen LogP contribution < -0.4 is 10.6 Å². The van der Waals surface area contributed by atoms with Crippen LogP contribution in [0.4, 0.5) is 36.2 Å². The largest absolute Gasteiger partial charge is 0.398 e. The Kier molecular flexibility index (Phi) is 8.09. The monoisotopic (exact) mass is 510 g/mol. The molecular formula is C23H25F3N4O2S2. The van der Waals surface area contributed by atoms with Crippen molar-refractivity contribution in [3.05, 3.63) is 60.4 Å². The van der Waals surface area contributed by atoms with Crippen molar-refractivity contribution in [2.75, 3.05) is 22.1 Å². The van der Waals surface area contributed by atoms with Crippen molar-refractivity contribution < 1.29 is 21.6 Å². The second-order valence-electron chi connectivity index (χ2n) is 7.78. The summed E-state index contributed by atoms with van der Waals surface area (Å²) in [6, 6.07) is 13.5. The van der Waals surface area contributed by atoms with E-state index in [1.54, 1.807) is 6.07 Å². The molecule has 0 bridgehead atoms. The summed E-state index contributed by atoms with van der Waals surface area (Å²) in [7, 11) is -3.55. The zero-order valence-electron chi connectivity index (χ0n) is 18.8. The summed E-state index contributed by atoms with van der Waals surface area (Å²) in [6.45, 7) is 5.71. The number of benzene rings is 2. The lowest BCUT2D eigenvalue weighted by Crippen LogP contribution is -2.11. The minimum Gasteiger partial charge on any atom is -0.340 e. The van der Waals surface area contributed by atoms with Crippen LogP contribution in [0.2, 0.25) is 0 Å². The van der Waals surface area contributed by atoms with Gasteiger partial charge in [-0.2, -0.15) is 13.2 Å². The molecular weight excluding hydrogens is 485 g/mol. The lowest BCUT2D eigenvalue weighted by molar-refractivity contribution is -0.105. The van der Waals surface area contributed by atoms with Crippen molar-refractivity contribution >= 4 is 44.6 Å². The van der Waals surface area contributed by atoms with E-state index in [1.165, 1.54) is 37.0 Å². The van der Waals surface area contributed by atoms with Gasteiger partial charge < -0.3 is 10.6 Å². The number of hydrogen-bond donors (Lipinski definition) is 2. The van der Waals surface area contributed by atoms with Gasteiger partial charge in [-0.15, -0.1) is 11.8 Å². The molecule has 1 heterocycles. The summed E-state index contributed by atoms with van der Waals surface area (Å²) in [5.41, 5.74) is 2.22. The SMILES string of the molecule is CCS(=O)(=O)c1ccc(SCC(F)(F)F)c(Nc2cc(Nc3ccc(C(C)C)cc3)ncn2)c1. The Balaban J connectivity index is 1.87. The number of rotatable bonds is 9. The van der Waals surface area contributed by atoms with Crippen LogP contribution in [0.3, 0.4) is 0 Å². The van der Waals surface area contributed by atoms with Gasteiger partial charge in [0.05, 0.1) is 22.1 Å². The number of sulfone groups is 1. The number of aromatic nitrogens is 2. The maximum absolute atomic E-state index is 12.8. The molecule has 0 unspecified atom stereocenters. The first-order valence-corrected chi connectivity index (χ1v) is 13.1. The van der Waals surface area contributed by atoms with Crippen LogP contribution in [0.25, 0.3) is 0 Å². The molecule has 11 heteroatoms. The number of hydrogen-bond acceptors (Lipinski definition) is 7. The molecule has 0 aliphatic carbocycles. The molecule has 0 aliphatic heterocycles. The van der Waals surface area contributed by atoms with Crippen molar-refractivity contribution in [1.29, 1.82) is 0 Å². The van der Waals surface area contributed by atoms with Gasteiger partial charge in [-0.3, -0.25) is 0 Å². The molecule has 182 valence electrons. The predicted octanol–water partition coefficient (Wildman–Crippen LogP) is 6.54. The summed E-state index contributed by atoms with van der Waals surface area (Å²) in [4.78, 5) is 8.59. The highest BCUT2D eigenvalue weighted by Gasteiger charge is 2.28. The highest BCUT2D eigenvalue weighted by atomic mass is 32.2. The van der Waals surface area contributed by atoms with Gasteiger partial charge in [-0.1, -0.05) is 32.9 Å². The average Bonchev–Trinajstić information content (AvgIpc) is 2.78. The summed E-state index contributed by atoms with van der Waals surface area (Å²) < 4.78 is 63.0. The van der Waals surface area contributed by atoms with Crippen molar-refractivity contribution in [2.24, 2.45) is 0 Å². The number of thioether (sulfide) groups is 1. The Morgan fingerprint density at radius 2 is 1.62 bits per heavy atom. The Hall–Kier alpha value is -2.79. The van der Waals surface area contributed by atoms with Crippen molar-refractivity contribution in [3.63, 3.8) is 0 Å². The van der Waals surface area contributed by atoms with E-state index in [0.717, 1.165) is 5.69 Å². The second kappa shape index (κ2) is 10.6. The van der Waals surface area contributed by atoms with E-state index in [9.17, 15) is 21.6 Å². The van der Waals surface area contributed by atoms with Crippen LogP contribution in [-0.4, -0.2) is 36.1 Å². The van der Waals surface area contributed by atoms with Crippen LogP contribution in [0, 0.1) is 0 Å². The maximum atomic E-state index is 12.8. The molecule has 0 spiro atoms. The molecule has 6 nitrogen and oxygen atoms in total. The first-order valence-electron chi connectivity index (χ1n) is 10.5. The molecule has 2 N–H and O–H groups in total. The lowest BCUT2D eigenvalue weighted by atomic mass is 10.0. The first kappa shape index (κ1) is 25.8. The molecule has 0 atom stereocenters. The number of alkyl halides is 3. The smallest absolute Gasteiger partial charge is 0.340 e. The number of nitrogens with zero attached hydrogens (tertiary/aromatic N) is 2. The molecule has 0 aliphatic rings. The van der Waals surface area contributed by atoms with E-state index >= 15 is 0 Å². The Morgan fingerprint density at radius 3 is 2.21 bits per heavy atom. The van der Waals surface area contributed by atoms with Crippen molar-refractivity contribution in [3.8, 4) is 0 Å². The Morgan fingerprint density at radius 1 is 0.971 bits per heavy atom. The van der Waals surface area contributed by atoms with Crippen LogP contribution >= 0.6 is 11.8 Å². The third kappa shape index (κ3) is 7.10. The Bertz CT molecular complexity index is 1230. The molecule has 1 aromatic heterocycles. The third-order valence-electron chi connectivity index (χ3n) is 4.86. The Labute approximate surface area is 201 Å². The zero-order valence-corrected chi connectivity index (χ0v) is 20.5. The quantitative estimate of drug-likeness (QED) is 0.316. The second-order valence-corrected chi connectivity index (χ2v) is 11.1. The molecule has 0 fully saturated rings. The van der Waals surface area contributed by atoms with Gasteiger partial charge in [0.15, 0.2) is 9.84 Å². The minimum absolute atomic E-state index is 0.0199. The topological polar surface area (TPSA) is 84.0 Å². The first-order chi connectivity index (χ1) is 16.0. The summed E-state index contributed by atoms with van der Waals surface area (Å²) in [5, 5.41) is 6.11. The molecule has 0 saturated heterocycles. The van der Waals surface area contributed by atoms with Gasteiger partial charge in [-0.05, 0) is 41.8 Å². The maximum Gasteiger partial charge on any atom is 0.398 e. The van der Waals surface area contributed by atoms with Gasteiger partial charge in [0.1, 0.15) is 18.0 Å². The van der Waals surface area contributed by atoms with E-state index in [-0.39, 0.29) is 21.2 Å². The van der Waals surface area contributed by atoms with E-state index in [1.807, 2.05) is 24.3 Å². The fourth-order valence-electron chi connectivity index (χ4n) is 2.98. The molecule has 3 rings (SSSR count). The van der Waals surface area contributed by atoms with Crippen molar-refractivity contribution in [2.45, 2.75) is 42.7 Å². The molecule has 0 radical (unpaired) electrons. The van der Waals surface area contributed by atoms with Crippen LogP contribution in [0.1, 0.15) is 32.3 Å². The van der Waals surface area contributed by atoms with Gasteiger partial charge in [0.2, 0.25) is 0 Å². The summed E-state index contributed by atoms with van der Waals surface area (Å²) in [6.07, 6.45) is -3.06. The molecule has 2 aromatic carbocycles. The standard InChI is InChI=1S/C23H25F3N4O2S2/c1-4-34(31,32)18-9-10-20(33-13-23(24,25)26)19(11-18)30-22-12-21(27-14-28-22)29-17-7-5-16(6-8-17)15(2)3/h5-12,14-15H,4,13H2,1-3H3,(H2,27,28,29,30). The van der Waals surface area contributed by atoms with Gasteiger partial charge >= 0.3 is 6.18 Å². The minimum atomic E-state index is -4.37. The lowest BCUT2D eigenvalue weighted by Gasteiger charge is -2.15. The van der Waals surface area contributed by atoms with Crippen LogP contribution in [0.15, 0.2) is 64.6 Å². The molecule has 3 aromatic rings. The van der Waals surface area contributed by atoms with E-state index in [2.05, 4.69) is 34.4 Å². The van der Waals surface area contributed by atoms with Gasteiger partial charge in [0, 0.05) is 16.6 Å². The third-order valence-corrected chi connectivity index (χ3v) is 7.73. The average molecular weight is 511 g/mol. The van der Waals surface area contributed by atoms with Crippen LogP contribution in [0.5, 0.6) is 0 Å². The van der Waals surface area contributed by atoms with E-state index in [4.69, 9.17) is 0 Å². The van der Waals surface area contributed by atoms with E-state index < -0.39 is 21.8 Å². The van der Waals surface area contributed by atoms with E-state index in [0.29, 0.717) is 29.3 Å². The summed E-state index contributed by atoms with van der Waals surface area (Å²) >= 11 is 0.569. The highest BCUT2D eigenvalue weighted by Crippen LogP contribution is 2.35. The fraction of sp³-hybridized carbons (Fsp3) is 0.304. The fourth-order valence-corrected chi connectivity index (χ4v) is 4.64. The summed E-state index contributed by atoms with van der Waals surface area (Å²) in [5.74, 6) is -0.0585. The molecule has 0 amide bonds. The van der Waals surface area contributed by atoms with Gasteiger partial charge in [0.25, 0.3) is 0 Å².